The standard InChI is InChI=1S/C25H27NO3/c27-23(26-22-4-2-1-3-5-22)21-8-6-17(7-9-21)16-29-24(28)25-13-18-10-19(14-25)12-20(11-18)15-25/h1-9,18-20H,10-16H2,(H,26,27). The number of hydrogen-bond donors (Lipinski definition) is 1. The third-order valence-electron chi connectivity index (χ3n) is 7.09. The second-order valence-electron chi connectivity index (χ2n) is 9.29. The Bertz CT molecular complexity index is 868. The molecule has 0 atom stereocenters. The molecule has 0 heterocycles. The van der Waals surface area contributed by atoms with Crippen molar-refractivity contribution >= 4 is 17.6 Å². The zero-order chi connectivity index (χ0) is 19.8. The largest absolute Gasteiger partial charge is 0.460 e. The SMILES string of the molecule is O=C(Nc1ccccc1)c1ccc(COC(=O)C23CC4CC(CC(C4)C2)C3)cc1. The highest BCUT2D eigenvalue weighted by Gasteiger charge is 2.55. The van der Waals surface area contributed by atoms with Crippen LogP contribution in [0.4, 0.5) is 5.69 Å². The fourth-order valence-electron chi connectivity index (χ4n) is 6.14. The summed E-state index contributed by atoms with van der Waals surface area (Å²) in [5.41, 5.74) is 2.06. The van der Waals surface area contributed by atoms with Crippen LogP contribution in [-0.4, -0.2) is 11.9 Å². The Labute approximate surface area is 171 Å². The molecule has 4 nitrogen and oxygen atoms in total. The molecular formula is C25H27NO3. The maximum Gasteiger partial charge on any atom is 0.312 e. The van der Waals surface area contributed by atoms with Crippen LogP contribution in [0.2, 0.25) is 0 Å². The summed E-state index contributed by atoms with van der Waals surface area (Å²) in [6.45, 7) is 0.279. The van der Waals surface area contributed by atoms with Crippen LogP contribution in [0.3, 0.4) is 0 Å². The van der Waals surface area contributed by atoms with Crippen LogP contribution in [0.25, 0.3) is 0 Å². The number of benzene rings is 2. The van der Waals surface area contributed by atoms with E-state index in [0.29, 0.717) is 5.56 Å². The van der Waals surface area contributed by atoms with Crippen LogP contribution in [0.5, 0.6) is 0 Å². The molecule has 0 aliphatic heterocycles. The van der Waals surface area contributed by atoms with Gasteiger partial charge in [-0.2, -0.15) is 0 Å². The Morgan fingerprint density at radius 3 is 2.03 bits per heavy atom. The average molecular weight is 389 g/mol. The van der Waals surface area contributed by atoms with Gasteiger partial charge >= 0.3 is 5.97 Å². The zero-order valence-electron chi connectivity index (χ0n) is 16.6. The third kappa shape index (κ3) is 3.68. The highest BCUT2D eigenvalue weighted by Crippen LogP contribution is 2.60. The smallest absolute Gasteiger partial charge is 0.312 e. The minimum Gasteiger partial charge on any atom is -0.460 e. The van der Waals surface area contributed by atoms with Gasteiger partial charge in [0, 0.05) is 11.3 Å². The number of carbonyl (C=O) groups excluding carboxylic acids is 2. The Hall–Kier alpha value is -2.62. The van der Waals surface area contributed by atoms with Gasteiger partial charge in [-0.05, 0) is 86.1 Å². The predicted octanol–water partition coefficient (Wildman–Crippen LogP) is 5.20. The first-order valence-electron chi connectivity index (χ1n) is 10.7. The maximum atomic E-state index is 13.0. The normalized spacial score (nSPS) is 29.4. The quantitative estimate of drug-likeness (QED) is 0.715. The Kier molecular flexibility index (Phi) is 4.65. The number of amides is 1. The van der Waals surface area contributed by atoms with E-state index in [4.69, 9.17) is 4.74 Å². The molecule has 4 saturated carbocycles. The van der Waals surface area contributed by atoms with Crippen LogP contribution >= 0.6 is 0 Å². The third-order valence-corrected chi connectivity index (χ3v) is 7.09. The van der Waals surface area contributed by atoms with Crippen molar-refractivity contribution in [2.24, 2.45) is 23.2 Å². The molecule has 4 bridgehead atoms. The summed E-state index contributed by atoms with van der Waals surface area (Å²) in [4.78, 5) is 25.3. The Morgan fingerprint density at radius 2 is 1.45 bits per heavy atom. The number of para-hydroxylation sites is 1. The fraction of sp³-hybridized carbons (Fsp3) is 0.440. The highest BCUT2D eigenvalue weighted by molar-refractivity contribution is 6.04. The molecule has 6 rings (SSSR count). The van der Waals surface area contributed by atoms with E-state index in [-0.39, 0.29) is 23.9 Å². The number of ether oxygens (including phenoxy) is 1. The van der Waals surface area contributed by atoms with E-state index in [1.807, 2.05) is 42.5 Å². The van der Waals surface area contributed by atoms with Crippen molar-refractivity contribution in [1.82, 2.24) is 0 Å². The van der Waals surface area contributed by atoms with Crippen LogP contribution in [0, 0.1) is 23.2 Å². The number of hydrogen-bond acceptors (Lipinski definition) is 3. The highest BCUT2D eigenvalue weighted by atomic mass is 16.5. The molecule has 0 unspecified atom stereocenters. The average Bonchev–Trinajstić information content (AvgIpc) is 2.72. The first-order valence-corrected chi connectivity index (χ1v) is 10.7. The molecule has 4 fully saturated rings. The van der Waals surface area contributed by atoms with Gasteiger partial charge in [0.15, 0.2) is 0 Å². The lowest BCUT2D eigenvalue weighted by Gasteiger charge is -2.55. The van der Waals surface area contributed by atoms with Crippen molar-refractivity contribution in [3.05, 3.63) is 65.7 Å². The summed E-state index contributed by atoms with van der Waals surface area (Å²) in [6, 6.07) is 16.7. The number of nitrogens with one attached hydrogen (secondary N) is 1. The van der Waals surface area contributed by atoms with Crippen molar-refractivity contribution in [3.63, 3.8) is 0 Å². The first-order chi connectivity index (χ1) is 14.1. The van der Waals surface area contributed by atoms with Crippen LogP contribution in [-0.2, 0) is 16.1 Å². The van der Waals surface area contributed by atoms with Gasteiger partial charge in [-0.15, -0.1) is 0 Å². The van der Waals surface area contributed by atoms with Crippen LogP contribution in [0.1, 0.15) is 54.4 Å². The van der Waals surface area contributed by atoms with Gasteiger partial charge in [-0.25, -0.2) is 0 Å². The summed E-state index contributed by atoms with van der Waals surface area (Å²) < 4.78 is 5.77. The zero-order valence-corrected chi connectivity index (χ0v) is 16.6. The lowest BCUT2D eigenvalue weighted by atomic mass is 9.49. The van der Waals surface area contributed by atoms with Gasteiger partial charge in [0.25, 0.3) is 5.91 Å². The van der Waals surface area contributed by atoms with Crippen molar-refractivity contribution in [3.8, 4) is 0 Å². The van der Waals surface area contributed by atoms with Gasteiger partial charge in [0.1, 0.15) is 6.61 Å². The van der Waals surface area contributed by atoms with Crippen molar-refractivity contribution in [2.45, 2.75) is 45.1 Å². The molecular weight excluding hydrogens is 362 g/mol. The fourth-order valence-corrected chi connectivity index (χ4v) is 6.14. The minimum absolute atomic E-state index is 0.00231. The summed E-state index contributed by atoms with van der Waals surface area (Å²) in [6.07, 6.45) is 7.03. The van der Waals surface area contributed by atoms with Gasteiger partial charge < -0.3 is 10.1 Å². The molecule has 150 valence electrons. The van der Waals surface area contributed by atoms with Crippen molar-refractivity contribution in [2.75, 3.05) is 5.32 Å². The molecule has 2 aromatic rings. The van der Waals surface area contributed by atoms with Gasteiger partial charge in [-0.1, -0.05) is 30.3 Å². The molecule has 1 N–H and O–H groups in total. The topological polar surface area (TPSA) is 55.4 Å². The lowest BCUT2D eigenvalue weighted by molar-refractivity contribution is -0.172. The lowest BCUT2D eigenvalue weighted by Crippen LogP contribution is -2.50. The molecule has 1 amide bonds. The summed E-state index contributed by atoms with van der Waals surface area (Å²) in [5.74, 6) is 2.06. The minimum atomic E-state index is -0.218. The molecule has 0 radical (unpaired) electrons. The first kappa shape index (κ1) is 18.4. The Morgan fingerprint density at radius 1 is 0.862 bits per heavy atom. The van der Waals surface area contributed by atoms with E-state index in [1.165, 1.54) is 19.3 Å². The van der Waals surface area contributed by atoms with Crippen molar-refractivity contribution < 1.29 is 14.3 Å². The second-order valence-corrected chi connectivity index (χ2v) is 9.29. The van der Waals surface area contributed by atoms with Gasteiger partial charge in [0.05, 0.1) is 5.41 Å². The number of carbonyl (C=O) groups is 2. The van der Waals surface area contributed by atoms with Gasteiger partial charge in [0.2, 0.25) is 0 Å². The maximum absolute atomic E-state index is 13.0. The molecule has 4 aliphatic rings. The molecule has 0 aromatic heterocycles. The van der Waals surface area contributed by atoms with E-state index in [1.54, 1.807) is 12.1 Å². The molecule has 0 spiro atoms. The Balaban J connectivity index is 1.18. The molecule has 2 aromatic carbocycles. The predicted molar refractivity (Wildman–Crippen MR) is 111 cm³/mol. The van der Waals surface area contributed by atoms with E-state index in [0.717, 1.165) is 48.3 Å². The van der Waals surface area contributed by atoms with Gasteiger partial charge in [-0.3, -0.25) is 9.59 Å². The number of anilines is 1. The second kappa shape index (κ2) is 7.33. The molecule has 4 aliphatic carbocycles. The molecule has 4 heteroatoms. The number of esters is 1. The van der Waals surface area contributed by atoms with E-state index in [9.17, 15) is 9.59 Å². The van der Waals surface area contributed by atoms with Crippen LogP contribution in [0.15, 0.2) is 54.6 Å². The summed E-state index contributed by atoms with van der Waals surface area (Å²) in [5, 5.41) is 2.88. The van der Waals surface area contributed by atoms with E-state index < -0.39 is 0 Å². The van der Waals surface area contributed by atoms with Crippen molar-refractivity contribution in [1.29, 1.82) is 0 Å². The summed E-state index contributed by atoms with van der Waals surface area (Å²) in [7, 11) is 0. The molecule has 29 heavy (non-hydrogen) atoms. The van der Waals surface area contributed by atoms with E-state index >= 15 is 0 Å². The van der Waals surface area contributed by atoms with Crippen LogP contribution < -0.4 is 5.32 Å². The molecule has 0 saturated heterocycles. The van der Waals surface area contributed by atoms with E-state index in [2.05, 4.69) is 5.32 Å². The summed E-state index contributed by atoms with van der Waals surface area (Å²) >= 11 is 0. The monoisotopic (exact) mass is 389 g/mol. The number of rotatable bonds is 5.